The number of nitrogens with zero attached hydrogens (tertiary/aromatic N) is 2. The van der Waals surface area contributed by atoms with Crippen LogP contribution in [-0.4, -0.2) is 49.0 Å². The van der Waals surface area contributed by atoms with Gasteiger partial charge in [-0.25, -0.2) is 17.6 Å². The Hall–Kier alpha value is -6.44. The van der Waals surface area contributed by atoms with Crippen LogP contribution in [0.3, 0.4) is 0 Å². The van der Waals surface area contributed by atoms with E-state index in [1.54, 1.807) is 20.8 Å². The Labute approximate surface area is 318 Å². The summed E-state index contributed by atoms with van der Waals surface area (Å²) >= 11 is 0. The Kier molecular flexibility index (Phi) is 10.3. The second kappa shape index (κ2) is 14.7. The summed E-state index contributed by atoms with van der Waals surface area (Å²) in [4.78, 5) is 58.0. The van der Waals surface area contributed by atoms with Gasteiger partial charge in [-0.2, -0.15) is 0 Å². The highest BCUT2D eigenvalue weighted by molar-refractivity contribution is 6.10. The van der Waals surface area contributed by atoms with Gasteiger partial charge in [-0.15, -0.1) is 0 Å². The number of primary amides is 1. The Balaban J connectivity index is 1.80. The molecule has 14 heteroatoms. The number of benzene rings is 4. The number of aromatic hydroxyl groups is 2. The number of halogens is 4. The second-order valence-electron chi connectivity index (χ2n) is 14.1. The zero-order chi connectivity index (χ0) is 41.0. The Morgan fingerprint density at radius 1 is 0.750 bits per heavy atom. The van der Waals surface area contributed by atoms with Gasteiger partial charge in [0.25, 0.3) is 11.8 Å². The van der Waals surface area contributed by atoms with Crippen molar-refractivity contribution in [3.8, 4) is 11.5 Å². The number of nitrogens with one attached hydrogen (secondary N) is 1. The number of carbonyl (C=O) groups excluding carboxylic acids is 4. The number of carbonyl (C=O) groups is 4. The van der Waals surface area contributed by atoms with Crippen LogP contribution in [0.5, 0.6) is 11.5 Å². The third kappa shape index (κ3) is 6.34. The van der Waals surface area contributed by atoms with Crippen molar-refractivity contribution >= 4 is 45.4 Å². The van der Waals surface area contributed by atoms with Crippen molar-refractivity contribution < 1.29 is 47.0 Å². The minimum absolute atomic E-state index is 0.00369. The third-order valence-corrected chi connectivity index (χ3v) is 10.1. The number of nitrogens with two attached hydrogens (primary N) is 1. The van der Waals surface area contributed by atoms with Crippen LogP contribution in [0.2, 0.25) is 0 Å². The molecule has 0 aliphatic rings. The Morgan fingerprint density at radius 3 is 1.70 bits per heavy atom. The summed E-state index contributed by atoms with van der Waals surface area (Å²) < 4.78 is 61.4. The van der Waals surface area contributed by atoms with Gasteiger partial charge in [0.15, 0.2) is 23.1 Å². The molecule has 0 radical (unpaired) electrons. The molecule has 5 N–H and O–H groups in total. The van der Waals surface area contributed by atoms with Gasteiger partial charge in [0.2, 0.25) is 11.8 Å². The van der Waals surface area contributed by atoms with Crippen LogP contribution >= 0.6 is 0 Å². The lowest BCUT2D eigenvalue weighted by atomic mass is 9.62. The largest absolute Gasteiger partial charge is 0.505 e. The molecule has 4 aromatic carbocycles. The van der Waals surface area contributed by atoms with Gasteiger partial charge in [0.1, 0.15) is 11.6 Å². The number of fused-ring (bicyclic) bond motifs is 2. The average molecular weight is 771 g/mol. The van der Waals surface area contributed by atoms with Crippen LogP contribution in [-0.2, 0) is 15.0 Å². The van der Waals surface area contributed by atoms with Crippen LogP contribution < -0.4 is 11.1 Å². The van der Waals surface area contributed by atoms with Gasteiger partial charge in [-0.3, -0.25) is 28.3 Å². The second-order valence-corrected chi connectivity index (χ2v) is 14.1. The quantitative estimate of drug-likeness (QED) is 0.107. The molecule has 0 saturated carbocycles. The van der Waals surface area contributed by atoms with Gasteiger partial charge in [-0.05, 0) is 93.8 Å². The zero-order valence-electron chi connectivity index (χ0n) is 31.0. The first-order valence-corrected chi connectivity index (χ1v) is 17.7. The first-order chi connectivity index (χ1) is 26.4. The smallest absolute Gasteiger partial charge is 0.262 e. The summed E-state index contributed by atoms with van der Waals surface area (Å²) in [5.41, 5.74) is 3.53. The van der Waals surface area contributed by atoms with Crippen LogP contribution in [0, 0.1) is 37.1 Å². The number of amides is 2. The number of aromatic nitrogens is 2. The number of hydrogen-bond donors (Lipinski definition) is 4. The molecule has 56 heavy (non-hydrogen) atoms. The molecule has 0 bridgehead atoms. The number of phenols is 2. The van der Waals surface area contributed by atoms with Gasteiger partial charge in [-0.1, -0.05) is 25.5 Å². The van der Waals surface area contributed by atoms with Crippen molar-refractivity contribution in [3.05, 3.63) is 130 Å². The van der Waals surface area contributed by atoms with E-state index in [-0.39, 0.29) is 68.3 Å². The van der Waals surface area contributed by atoms with Crippen LogP contribution in [0.15, 0.2) is 72.8 Å². The fourth-order valence-corrected chi connectivity index (χ4v) is 7.99. The molecule has 6 rings (SSSR count). The highest BCUT2D eigenvalue weighted by atomic mass is 19.1. The van der Waals surface area contributed by atoms with E-state index >= 15 is 8.78 Å². The molecule has 2 aromatic heterocycles. The van der Waals surface area contributed by atoms with E-state index in [0.717, 1.165) is 57.7 Å². The zero-order valence-corrected chi connectivity index (χ0v) is 31.0. The number of rotatable bonds is 10. The minimum Gasteiger partial charge on any atom is -0.505 e. The fourth-order valence-electron chi connectivity index (χ4n) is 7.99. The number of phenolic OH excluding ortho intramolecular Hbond substituents is 2. The first kappa shape index (κ1) is 39.3. The highest BCUT2D eigenvalue weighted by Gasteiger charge is 2.54. The maximum Gasteiger partial charge on any atom is 0.262 e. The molecule has 0 aliphatic heterocycles. The molecule has 0 fully saturated rings. The fraction of sp³-hybridized carbons (Fsp3) is 0.238. The van der Waals surface area contributed by atoms with Crippen molar-refractivity contribution in [1.82, 2.24) is 14.5 Å². The summed E-state index contributed by atoms with van der Waals surface area (Å²) in [6.07, 6.45) is -0.0623. The van der Waals surface area contributed by atoms with E-state index in [0.29, 0.717) is 0 Å². The predicted molar refractivity (Wildman–Crippen MR) is 201 cm³/mol. The van der Waals surface area contributed by atoms with Gasteiger partial charge < -0.3 is 21.3 Å². The molecule has 10 nitrogen and oxygen atoms in total. The molecule has 2 unspecified atom stereocenters. The SMILES string of the molecule is CCCC(C(N)=O)(c1c(C)n(C(=O)c2cccc(F)c2)c2cc(F)c(O)cc12)C(C(=O)NC(C)C)c1c(C)n(C(=O)c2cccc(F)c2)c2cc(F)c(O)cc12. The van der Waals surface area contributed by atoms with Crippen LogP contribution in [0.25, 0.3) is 21.8 Å². The van der Waals surface area contributed by atoms with Gasteiger partial charge in [0.05, 0.1) is 22.4 Å². The summed E-state index contributed by atoms with van der Waals surface area (Å²) in [6.45, 7) is 7.86. The maximum atomic E-state index is 15.2. The predicted octanol–water partition coefficient (Wildman–Crippen LogP) is 7.39. The normalized spacial score (nSPS) is 13.2. The lowest BCUT2D eigenvalue weighted by Crippen LogP contribution is -2.52. The van der Waals surface area contributed by atoms with E-state index in [2.05, 4.69) is 5.32 Å². The van der Waals surface area contributed by atoms with E-state index in [4.69, 9.17) is 5.73 Å². The third-order valence-electron chi connectivity index (χ3n) is 10.1. The monoisotopic (exact) mass is 770 g/mol. The molecular formula is C42H38F4N4O6. The Morgan fingerprint density at radius 2 is 1.23 bits per heavy atom. The van der Waals surface area contributed by atoms with Crippen molar-refractivity contribution in [2.24, 2.45) is 5.73 Å². The molecule has 6 aromatic rings. The summed E-state index contributed by atoms with van der Waals surface area (Å²) in [5.74, 6) is -10.8. The van der Waals surface area contributed by atoms with Crippen LogP contribution in [0.1, 0.15) is 82.8 Å². The molecule has 2 amide bonds. The maximum absolute atomic E-state index is 15.2. The standard InChI is InChI=1S/C42H38F4N4O6/c1-6-13-42(41(47)56,36-22(5)50(32-19-30(46)34(52)17-28(32)36)40(55)24-10-8-12-26(44)15-24)37(38(53)48-20(2)3)35-21(4)49(31-18-29(45)33(51)16-27(31)35)39(54)23-9-7-11-25(43)14-23/h7-12,14-20,37,51-52H,6,13H2,1-5H3,(H2,47,56)(H,48,53). The summed E-state index contributed by atoms with van der Waals surface area (Å²) in [6, 6.07) is 12.6. The molecular weight excluding hydrogens is 732 g/mol. The van der Waals surface area contributed by atoms with Gasteiger partial charge in [0, 0.05) is 51.5 Å². The molecule has 0 aliphatic carbocycles. The first-order valence-electron chi connectivity index (χ1n) is 17.7. The molecule has 2 heterocycles. The molecule has 0 spiro atoms. The van der Waals surface area contributed by atoms with Crippen molar-refractivity contribution in [3.63, 3.8) is 0 Å². The minimum atomic E-state index is -2.20. The van der Waals surface area contributed by atoms with E-state index in [1.807, 2.05) is 0 Å². The molecule has 2 atom stereocenters. The summed E-state index contributed by atoms with van der Waals surface area (Å²) in [7, 11) is 0. The van der Waals surface area contributed by atoms with Crippen molar-refractivity contribution in [1.29, 1.82) is 0 Å². The van der Waals surface area contributed by atoms with E-state index in [9.17, 15) is 38.2 Å². The lowest BCUT2D eigenvalue weighted by molar-refractivity contribution is -0.132. The number of hydrogen-bond acceptors (Lipinski definition) is 6. The average Bonchev–Trinajstić information content (AvgIpc) is 3.55. The van der Waals surface area contributed by atoms with Crippen LogP contribution in [0.4, 0.5) is 17.6 Å². The van der Waals surface area contributed by atoms with Crippen molar-refractivity contribution in [2.45, 2.75) is 64.8 Å². The van der Waals surface area contributed by atoms with Gasteiger partial charge >= 0.3 is 0 Å². The topological polar surface area (TPSA) is 157 Å². The molecule has 0 saturated heterocycles. The van der Waals surface area contributed by atoms with Crippen molar-refractivity contribution in [2.75, 3.05) is 0 Å². The highest BCUT2D eigenvalue weighted by Crippen LogP contribution is 2.52. The lowest BCUT2D eigenvalue weighted by Gasteiger charge is -2.39. The molecule has 290 valence electrons. The van der Waals surface area contributed by atoms with E-state index < -0.39 is 75.8 Å². The van der Waals surface area contributed by atoms with E-state index in [1.165, 1.54) is 38.1 Å². The summed E-state index contributed by atoms with van der Waals surface area (Å²) in [5, 5.41) is 24.2. The Bertz CT molecular complexity index is 2610.